The van der Waals surface area contributed by atoms with Gasteiger partial charge in [-0.15, -0.1) is 0 Å². The van der Waals surface area contributed by atoms with Crippen LogP contribution in [-0.4, -0.2) is 14.4 Å². The predicted octanol–water partition coefficient (Wildman–Crippen LogP) is 4.55. The summed E-state index contributed by atoms with van der Waals surface area (Å²) in [5.74, 6) is 0.961. The fourth-order valence-corrected chi connectivity index (χ4v) is 3.23. The minimum atomic E-state index is 0.873. The molecule has 3 nitrogen and oxygen atoms in total. The van der Waals surface area contributed by atoms with Crippen LogP contribution in [0.4, 0.5) is 0 Å². The fourth-order valence-electron chi connectivity index (χ4n) is 2.74. The third kappa shape index (κ3) is 1.55. The van der Waals surface area contributed by atoms with Gasteiger partial charge in [-0.1, -0.05) is 24.3 Å². The van der Waals surface area contributed by atoms with Crippen LogP contribution in [-0.2, 0) is 0 Å². The Balaban J connectivity index is 2.14. The number of halogens is 1. The second-order valence-electron chi connectivity index (χ2n) is 4.85. The quantitative estimate of drug-likeness (QED) is 0.547. The first-order chi connectivity index (χ1) is 9.75. The first kappa shape index (κ1) is 11.7. The Kier molecular flexibility index (Phi) is 2.47. The molecule has 0 unspecified atom stereocenters. The Labute approximate surface area is 124 Å². The molecule has 0 saturated heterocycles. The average molecular weight is 326 g/mol. The second kappa shape index (κ2) is 4.21. The number of imidazole rings is 1. The number of hydrogen-bond acceptors (Lipinski definition) is 1. The van der Waals surface area contributed by atoms with Crippen LogP contribution in [0.2, 0.25) is 0 Å². The Hall–Kier alpha value is -2.07. The van der Waals surface area contributed by atoms with E-state index in [4.69, 9.17) is 4.98 Å². The third-order valence-electron chi connectivity index (χ3n) is 3.62. The number of nitrogens with one attached hydrogen (secondary N) is 1. The number of para-hydroxylation sites is 1. The number of aromatic amines is 1. The third-order valence-corrected chi connectivity index (χ3v) is 4.20. The van der Waals surface area contributed by atoms with Crippen molar-refractivity contribution >= 4 is 32.3 Å². The van der Waals surface area contributed by atoms with Crippen LogP contribution in [0.3, 0.4) is 0 Å². The van der Waals surface area contributed by atoms with Crippen LogP contribution in [0.15, 0.2) is 53.3 Å². The van der Waals surface area contributed by atoms with Gasteiger partial charge in [-0.3, -0.25) is 4.40 Å². The van der Waals surface area contributed by atoms with Crippen molar-refractivity contribution in [2.24, 2.45) is 0 Å². The smallest absolute Gasteiger partial charge is 0.148 e. The summed E-state index contributed by atoms with van der Waals surface area (Å²) in [4.78, 5) is 8.13. The first-order valence-corrected chi connectivity index (χ1v) is 7.25. The topological polar surface area (TPSA) is 33.1 Å². The van der Waals surface area contributed by atoms with Crippen LogP contribution in [0.25, 0.3) is 27.8 Å². The summed E-state index contributed by atoms with van der Waals surface area (Å²) in [7, 11) is 0. The van der Waals surface area contributed by atoms with Gasteiger partial charge in [0.1, 0.15) is 10.4 Å². The Morgan fingerprint density at radius 1 is 1.10 bits per heavy atom. The summed E-state index contributed by atoms with van der Waals surface area (Å²) in [5, 5.41) is 1.20. The van der Waals surface area contributed by atoms with Crippen molar-refractivity contribution in [1.82, 2.24) is 14.4 Å². The molecular formula is C16H12BrN3. The Bertz CT molecular complexity index is 933. The van der Waals surface area contributed by atoms with Crippen LogP contribution in [0.5, 0.6) is 0 Å². The molecule has 0 fully saturated rings. The molecule has 20 heavy (non-hydrogen) atoms. The largest absolute Gasteiger partial charge is 0.358 e. The summed E-state index contributed by atoms with van der Waals surface area (Å²) in [6.07, 6.45) is 2.05. The van der Waals surface area contributed by atoms with Crippen molar-refractivity contribution in [3.63, 3.8) is 0 Å². The van der Waals surface area contributed by atoms with Crippen LogP contribution in [0.1, 0.15) is 5.69 Å². The molecule has 0 aliphatic heterocycles. The summed E-state index contributed by atoms with van der Waals surface area (Å²) >= 11 is 3.55. The number of benzene rings is 1. The van der Waals surface area contributed by atoms with Gasteiger partial charge in [0, 0.05) is 28.4 Å². The highest BCUT2D eigenvalue weighted by Crippen LogP contribution is 2.33. The Morgan fingerprint density at radius 3 is 2.80 bits per heavy atom. The molecule has 98 valence electrons. The molecule has 1 aromatic carbocycles. The lowest BCUT2D eigenvalue weighted by Crippen LogP contribution is -1.89. The van der Waals surface area contributed by atoms with Gasteiger partial charge in [-0.25, -0.2) is 4.98 Å². The highest BCUT2D eigenvalue weighted by atomic mass is 79.9. The minimum Gasteiger partial charge on any atom is -0.358 e. The first-order valence-electron chi connectivity index (χ1n) is 6.46. The summed E-state index contributed by atoms with van der Waals surface area (Å²) in [6, 6.07) is 14.4. The number of pyridine rings is 1. The molecule has 0 aliphatic carbocycles. The van der Waals surface area contributed by atoms with E-state index in [1.54, 1.807) is 0 Å². The average Bonchev–Trinajstić information content (AvgIpc) is 2.96. The van der Waals surface area contributed by atoms with Gasteiger partial charge >= 0.3 is 0 Å². The van der Waals surface area contributed by atoms with E-state index in [2.05, 4.69) is 56.5 Å². The van der Waals surface area contributed by atoms with Crippen LogP contribution < -0.4 is 0 Å². The molecule has 0 radical (unpaired) electrons. The lowest BCUT2D eigenvalue weighted by molar-refractivity contribution is 1.15. The van der Waals surface area contributed by atoms with Crippen LogP contribution in [0, 0.1) is 6.92 Å². The molecule has 0 spiro atoms. The van der Waals surface area contributed by atoms with E-state index in [1.165, 1.54) is 5.39 Å². The lowest BCUT2D eigenvalue weighted by Gasteiger charge is -2.01. The Morgan fingerprint density at radius 2 is 1.90 bits per heavy atom. The highest BCUT2D eigenvalue weighted by Gasteiger charge is 2.16. The zero-order chi connectivity index (χ0) is 13.7. The van der Waals surface area contributed by atoms with Crippen molar-refractivity contribution < 1.29 is 0 Å². The highest BCUT2D eigenvalue weighted by molar-refractivity contribution is 9.10. The number of aromatic nitrogens is 3. The number of rotatable bonds is 1. The lowest BCUT2D eigenvalue weighted by atomic mass is 10.1. The molecule has 0 atom stereocenters. The van der Waals surface area contributed by atoms with Crippen molar-refractivity contribution in [3.8, 4) is 11.4 Å². The number of H-pyrrole nitrogens is 1. The molecule has 4 aromatic rings. The van der Waals surface area contributed by atoms with E-state index in [0.29, 0.717) is 0 Å². The SMILES string of the molecule is Cc1[nH]c2ccccc2c1-c1nc(Br)c2ccccn12. The molecule has 0 saturated carbocycles. The van der Waals surface area contributed by atoms with Gasteiger partial charge in [-0.2, -0.15) is 0 Å². The van der Waals surface area contributed by atoms with Gasteiger partial charge in [-0.05, 0) is 41.1 Å². The van der Waals surface area contributed by atoms with Gasteiger partial charge in [0.25, 0.3) is 0 Å². The normalized spacial score (nSPS) is 11.5. The van der Waals surface area contributed by atoms with Crippen molar-refractivity contribution in [1.29, 1.82) is 0 Å². The monoisotopic (exact) mass is 325 g/mol. The molecule has 0 bridgehead atoms. The maximum Gasteiger partial charge on any atom is 0.148 e. The van der Waals surface area contributed by atoms with E-state index < -0.39 is 0 Å². The number of hydrogen-bond donors (Lipinski definition) is 1. The van der Waals surface area contributed by atoms with Gasteiger partial charge in [0.05, 0.1) is 5.52 Å². The molecule has 4 heteroatoms. The van der Waals surface area contributed by atoms with Crippen LogP contribution >= 0.6 is 15.9 Å². The van der Waals surface area contributed by atoms with E-state index in [9.17, 15) is 0 Å². The van der Waals surface area contributed by atoms with Gasteiger partial charge < -0.3 is 4.98 Å². The molecule has 0 aliphatic rings. The van der Waals surface area contributed by atoms with E-state index in [-0.39, 0.29) is 0 Å². The van der Waals surface area contributed by atoms with Crippen molar-refractivity contribution in [2.45, 2.75) is 6.92 Å². The van der Waals surface area contributed by atoms with E-state index >= 15 is 0 Å². The number of aryl methyl sites for hydroxylation is 1. The molecule has 0 amide bonds. The van der Waals surface area contributed by atoms with Crippen molar-refractivity contribution in [2.75, 3.05) is 0 Å². The molecule has 3 heterocycles. The molecule has 4 rings (SSSR count). The maximum absolute atomic E-state index is 4.70. The number of nitrogens with zero attached hydrogens (tertiary/aromatic N) is 2. The molecular weight excluding hydrogens is 314 g/mol. The molecule has 3 aromatic heterocycles. The van der Waals surface area contributed by atoms with E-state index in [1.807, 2.05) is 24.4 Å². The minimum absolute atomic E-state index is 0.873. The molecule has 1 N–H and O–H groups in total. The van der Waals surface area contributed by atoms with Crippen molar-refractivity contribution in [3.05, 3.63) is 59.0 Å². The van der Waals surface area contributed by atoms with Gasteiger partial charge in [0.15, 0.2) is 0 Å². The zero-order valence-corrected chi connectivity index (χ0v) is 12.5. The predicted molar refractivity (Wildman–Crippen MR) is 84.9 cm³/mol. The fraction of sp³-hybridized carbons (Fsp3) is 0.0625. The summed E-state index contributed by atoms with van der Waals surface area (Å²) < 4.78 is 2.99. The van der Waals surface area contributed by atoms with E-state index in [0.717, 1.165) is 32.7 Å². The summed E-state index contributed by atoms with van der Waals surface area (Å²) in [5.41, 5.74) is 4.51. The standard InChI is InChI=1S/C16H12BrN3/c1-10-14(11-6-2-3-7-12(11)18-10)16-19-15(17)13-8-4-5-9-20(13)16/h2-9,18H,1H3. The number of fused-ring (bicyclic) bond motifs is 2. The maximum atomic E-state index is 4.70. The zero-order valence-electron chi connectivity index (χ0n) is 10.9. The summed E-state index contributed by atoms with van der Waals surface area (Å²) in [6.45, 7) is 2.09. The second-order valence-corrected chi connectivity index (χ2v) is 5.60. The van der Waals surface area contributed by atoms with Gasteiger partial charge in [0.2, 0.25) is 0 Å².